The Morgan fingerprint density at radius 2 is 1.95 bits per heavy atom. The van der Waals surface area contributed by atoms with E-state index in [2.05, 4.69) is 27.9 Å². The molecule has 2 rings (SSSR count). The van der Waals surface area contributed by atoms with Crippen LogP contribution in [0.15, 0.2) is 24.3 Å². The van der Waals surface area contributed by atoms with E-state index in [4.69, 9.17) is 0 Å². The number of hydrogen-bond acceptors (Lipinski definition) is 2. The maximum absolute atomic E-state index is 12.0. The number of hydrogen-bond donors (Lipinski definition) is 2. The van der Waals surface area contributed by atoms with Crippen LogP contribution in [0.1, 0.15) is 37.7 Å². The predicted molar refractivity (Wildman–Crippen MR) is 89.0 cm³/mol. The van der Waals surface area contributed by atoms with Gasteiger partial charge in [-0.05, 0) is 53.0 Å². The fourth-order valence-electron chi connectivity index (χ4n) is 2.81. The van der Waals surface area contributed by atoms with Gasteiger partial charge in [0.05, 0.1) is 0 Å². The molecule has 0 bridgehead atoms. The van der Waals surface area contributed by atoms with Crippen molar-refractivity contribution in [3.8, 4) is 0 Å². The number of carbonyl (C=O) groups excluding carboxylic acids is 1. The summed E-state index contributed by atoms with van der Waals surface area (Å²) in [4.78, 5) is 23.4. The highest BCUT2D eigenvalue weighted by Gasteiger charge is 2.24. The van der Waals surface area contributed by atoms with Crippen molar-refractivity contribution in [1.29, 1.82) is 0 Å². The maximum Gasteiger partial charge on any atom is 0.326 e. The van der Waals surface area contributed by atoms with Gasteiger partial charge in [-0.3, -0.25) is 4.79 Å². The van der Waals surface area contributed by atoms with E-state index in [0.717, 1.165) is 22.0 Å². The van der Waals surface area contributed by atoms with Crippen molar-refractivity contribution in [3.63, 3.8) is 0 Å². The van der Waals surface area contributed by atoms with Gasteiger partial charge in [-0.1, -0.05) is 31.0 Å². The second kappa shape index (κ2) is 7.77. The number of carboxylic acids is 1. The SMILES string of the molecule is O=C(CC1CCCC1)N[C@H](Cc1ccccc1I)C(=O)O. The van der Waals surface area contributed by atoms with Crippen LogP contribution in [0.5, 0.6) is 0 Å². The molecule has 0 heterocycles. The minimum absolute atomic E-state index is 0.139. The minimum atomic E-state index is -0.977. The molecule has 1 aliphatic rings. The van der Waals surface area contributed by atoms with E-state index >= 15 is 0 Å². The van der Waals surface area contributed by atoms with Crippen LogP contribution in [0.2, 0.25) is 0 Å². The molecule has 1 amide bonds. The summed E-state index contributed by atoms with van der Waals surface area (Å²) in [5.41, 5.74) is 0.951. The Hall–Kier alpha value is -1.11. The molecule has 0 spiro atoms. The van der Waals surface area contributed by atoms with Crippen LogP contribution in [0, 0.1) is 9.49 Å². The van der Waals surface area contributed by atoms with Crippen LogP contribution in [0.4, 0.5) is 0 Å². The number of benzene rings is 1. The minimum Gasteiger partial charge on any atom is -0.480 e. The number of halogens is 1. The second-order valence-corrected chi connectivity index (χ2v) is 6.77. The molecule has 1 saturated carbocycles. The Balaban J connectivity index is 1.94. The number of amides is 1. The lowest BCUT2D eigenvalue weighted by Gasteiger charge is -2.17. The molecule has 5 heteroatoms. The van der Waals surface area contributed by atoms with Gasteiger partial charge in [-0.15, -0.1) is 0 Å². The zero-order valence-corrected chi connectivity index (χ0v) is 14.0. The first-order chi connectivity index (χ1) is 10.1. The van der Waals surface area contributed by atoms with Crippen molar-refractivity contribution < 1.29 is 14.7 Å². The third-order valence-corrected chi connectivity index (χ3v) is 5.02. The van der Waals surface area contributed by atoms with E-state index < -0.39 is 12.0 Å². The maximum atomic E-state index is 12.0. The Morgan fingerprint density at radius 3 is 2.57 bits per heavy atom. The molecule has 0 saturated heterocycles. The Labute approximate surface area is 138 Å². The summed E-state index contributed by atoms with van der Waals surface area (Å²) in [7, 11) is 0. The number of nitrogens with one attached hydrogen (secondary N) is 1. The summed E-state index contributed by atoms with van der Waals surface area (Å²) in [5.74, 6) is -0.689. The predicted octanol–water partition coefficient (Wildman–Crippen LogP) is 2.98. The van der Waals surface area contributed by atoms with E-state index in [1.807, 2.05) is 24.3 Å². The number of aliphatic carboxylic acids is 1. The molecule has 4 nitrogen and oxygen atoms in total. The first-order valence-electron chi connectivity index (χ1n) is 7.32. The molecular formula is C16H20INO3. The third-order valence-electron chi connectivity index (χ3n) is 3.96. The standard InChI is InChI=1S/C16H20INO3/c17-13-8-4-3-7-12(13)10-14(16(20)21)18-15(19)9-11-5-1-2-6-11/h3-4,7-8,11,14H,1-2,5-6,9-10H2,(H,18,19)(H,20,21)/t14-/m1/s1. The average Bonchev–Trinajstić information content (AvgIpc) is 2.93. The van der Waals surface area contributed by atoms with E-state index in [0.29, 0.717) is 18.8 Å². The highest BCUT2D eigenvalue weighted by molar-refractivity contribution is 14.1. The Bertz CT molecular complexity index is 512. The molecule has 0 aliphatic heterocycles. The van der Waals surface area contributed by atoms with Crippen LogP contribution >= 0.6 is 22.6 Å². The highest BCUT2D eigenvalue weighted by Crippen LogP contribution is 2.27. The summed E-state index contributed by atoms with van der Waals surface area (Å²) in [6.45, 7) is 0. The zero-order chi connectivity index (χ0) is 15.2. The quantitative estimate of drug-likeness (QED) is 0.721. The van der Waals surface area contributed by atoms with Crippen molar-refractivity contribution in [3.05, 3.63) is 33.4 Å². The van der Waals surface area contributed by atoms with Crippen LogP contribution < -0.4 is 5.32 Å². The van der Waals surface area contributed by atoms with Crippen molar-refractivity contribution >= 4 is 34.5 Å². The van der Waals surface area contributed by atoms with E-state index in [-0.39, 0.29) is 5.91 Å². The first-order valence-corrected chi connectivity index (χ1v) is 8.39. The Kier molecular flexibility index (Phi) is 6.02. The van der Waals surface area contributed by atoms with Gasteiger partial charge >= 0.3 is 5.97 Å². The molecule has 1 aromatic carbocycles. The average molecular weight is 401 g/mol. The van der Waals surface area contributed by atoms with E-state index in [1.165, 1.54) is 12.8 Å². The van der Waals surface area contributed by atoms with Crippen LogP contribution in [0.3, 0.4) is 0 Å². The van der Waals surface area contributed by atoms with Crippen molar-refractivity contribution in [2.75, 3.05) is 0 Å². The van der Waals surface area contributed by atoms with Crippen molar-refractivity contribution in [1.82, 2.24) is 5.32 Å². The molecule has 1 aromatic rings. The molecular weight excluding hydrogens is 381 g/mol. The summed E-state index contributed by atoms with van der Waals surface area (Å²) in [6, 6.07) is 6.79. The van der Waals surface area contributed by atoms with Gasteiger partial charge in [0.2, 0.25) is 5.91 Å². The van der Waals surface area contributed by atoms with Gasteiger partial charge in [0, 0.05) is 16.4 Å². The lowest BCUT2D eigenvalue weighted by atomic mass is 10.0. The summed E-state index contributed by atoms with van der Waals surface area (Å²) in [6.07, 6.45) is 5.31. The fraction of sp³-hybridized carbons (Fsp3) is 0.500. The van der Waals surface area contributed by atoms with Gasteiger partial charge in [0.25, 0.3) is 0 Å². The van der Waals surface area contributed by atoms with Crippen LogP contribution in [0.25, 0.3) is 0 Å². The molecule has 2 N–H and O–H groups in total. The van der Waals surface area contributed by atoms with Gasteiger partial charge in [-0.2, -0.15) is 0 Å². The summed E-state index contributed by atoms with van der Waals surface area (Å²) < 4.78 is 1.02. The van der Waals surface area contributed by atoms with Crippen molar-refractivity contribution in [2.45, 2.75) is 44.6 Å². The Morgan fingerprint density at radius 1 is 1.29 bits per heavy atom. The van der Waals surface area contributed by atoms with Crippen LogP contribution in [-0.4, -0.2) is 23.0 Å². The smallest absolute Gasteiger partial charge is 0.326 e. The van der Waals surface area contributed by atoms with Gasteiger partial charge in [0.1, 0.15) is 6.04 Å². The highest BCUT2D eigenvalue weighted by atomic mass is 127. The van der Waals surface area contributed by atoms with Gasteiger partial charge in [-0.25, -0.2) is 4.79 Å². The second-order valence-electron chi connectivity index (χ2n) is 5.61. The van der Waals surface area contributed by atoms with Gasteiger partial charge in [0.15, 0.2) is 0 Å². The van der Waals surface area contributed by atoms with E-state index in [1.54, 1.807) is 0 Å². The lowest BCUT2D eigenvalue weighted by molar-refractivity contribution is -0.141. The van der Waals surface area contributed by atoms with Gasteiger partial charge < -0.3 is 10.4 Å². The molecule has 1 atom stereocenters. The third kappa shape index (κ3) is 4.98. The van der Waals surface area contributed by atoms with Crippen LogP contribution in [-0.2, 0) is 16.0 Å². The molecule has 0 unspecified atom stereocenters. The number of carboxylic acid groups (broad SMARTS) is 1. The molecule has 1 aliphatic carbocycles. The fourth-order valence-corrected chi connectivity index (χ4v) is 3.42. The summed E-state index contributed by atoms with van der Waals surface area (Å²) in [5, 5.41) is 12.0. The largest absolute Gasteiger partial charge is 0.480 e. The molecule has 114 valence electrons. The number of carbonyl (C=O) groups is 2. The topological polar surface area (TPSA) is 66.4 Å². The summed E-state index contributed by atoms with van der Waals surface area (Å²) >= 11 is 2.19. The van der Waals surface area contributed by atoms with Crippen molar-refractivity contribution in [2.24, 2.45) is 5.92 Å². The zero-order valence-electron chi connectivity index (χ0n) is 11.8. The monoisotopic (exact) mass is 401 g/mol. The normalized spacial score (nSPS) is 16.6. The number of rotatable bonds is 6. The molecule has 0 aromatic heterocycles. The molecule has 0 radical (unpaired) electrons. The molecule has 21 heavy (non-hydrogen) atoms. The first kappa shape index (κ1) is 16.3. The molecule has 1 fully saturated rings. The van der Waals surface area contributed by atoms with E-state index in [9.17, 15) is 14.7 Å². The lowest BCUT2D eigenvalue weighted by Crippen LogP contribution is -2.42.